The molecule has 0 amide bonds. The number of aromatic amines is 1. The van der Waals surface area contributed by atoms with Crippen LogP contribution in [-0.2, 0) is 0 Å². The van der Waals surface area contributed by atoms with Crippen molar-refractivity contribution in [3.63, 3.8) is 0 Å². The molecule has 0 saturated heterocycles. The standard InChI is InChI=1S/C4H3NO2S2/c6-3-2(1-8)9-4(7)5-3/h1,6H,(H,5,7). The van der Waals surface area contributed by atoms with Crippen LogP contribution in [0.2, 0.25) is 0 Å². The zero-order valence-corrected chi connectivity index (χ0v) is 5.88. The summed E-state index contributed by atoms with van der Waals surface area (Å²) in [4.78, 5) is 12.7. The minimum Gasteiger partial charge on any atom is -0.493 e. The van der Waals surface area contributed by atoms with Gasteiger partial charge >= 0.3 is 4.87 Å². The number of aromatic nitrogens is 1. The van der Waals surface area contributed by atoms with Gasteiger partial charge in [-0.2, -0.15) is 0 Å². The van der Waals surface area contributed by atoms with Gasteiger partial charge in [-0.25, -0.2) is 0 Å². The average molecular weight is 161 g/mol. The van der Waals surface area contributed by atoms with Crippen molar-refractivity contribution in [1.29, 1.82) is 0 Å². The normalized spacial score (nSPS) is 9.33. The molecule has 0 atom stereocenters. The van der Waals surface area contributed by atoms with E-state index in [1.54, 1.807) is 0 Å². The molecule has 2 N–H and O–H groups in total. The van der Waals surface area contributed by atoms with E-state index in [0.29, 0.717) is 4.88 Å². The van der Waals surface area contributed by atoms with E-state index in [-0.39, 0.29) is 10.8 Å². The summed E-state index contributed by atoms with van der Waals surface area (Å²) in [6.07, 6.45) is 0. The number of aromatic hydroxyl groups is 1. The zero-order valence-electron chi connectivity index (χ0n) is 4.25. The Kier molecular flexibility index (Phi) is 1.63. The highest BCUT2D eigenvalue weighted by Crippen LogP contribution is 2.11. The monoisotopic (exact) mass is 161 g/mol. The van der Waals surface area contributed by atoms with E-state index >= 15 is 0 Å². The third-order valence-electron chi connectivity index (χ3n) is 0.764. The molecule has 1 aromatic rings. The Bertz CT molecular complexity index is 274. The summed E-state index contributed by atoms with van der Waals surface area (Å²) in [5.41, 5.74) is 0. The van der Waals surface area contributed by atoms with E-state index in [1.807, 2.05) is 0 Å². The Labute approximate surface area is 60.0 Å². The molecule has 1 aromatic heterocycles. The Morgan fingerprint density at radius 1 is 1.78 bits per heavy atom. The predicted molar refractivity (Wildman–Crippen MR) is 39.4 cm³/mol. The number of rotatable bonds is 1. The number of hydrogen-bond donors (Lipinski definition) is 2. The summed E-state index contributed by atoms with van der Waals surface area (Å²) in [5, 5.41) is 10.1. The molecule has 1 heterocycles. The summed E-state index contributed by atoms with van der Waals surface area (Å²) in [7, 11) is 0. The Hall–Kier alpha value is -0.680. The molecule has 0 spiro atoms. The van der Waals surface area contributed by atoms with Crippen LogP contribution in [0.1, 0.15) is 4.88 Å². The van der Waals surface area contributed by atoms with Gasteiger partial charge in [-0.1, -0.05) is 23.6 Å². The lowest BCUT2D eigenvalue weighted by molar-refractivity contribution is 0.455. The Morgan fingerprint density at radius 2 is 2.44 bits per heavy atom. The average Bonchev–Trinajstić information content (AvgIpc) is 2.10. The number of nitrogens with one attached hydrogen (secondary N) is 1. The number of thiocarbonyl (C=S) groups is 1. The van der Waals surface area contributed by atoms with Crippen LogP contribution in [0.5, 0.6) is 5.88 Å². The molecule has 0 aliphatic heterocycles. The van der Waals surface area contributed by atoms with Crippen molar-refractivity contribution in [1.82, 2.24) is 4.98 Å². The van der Waals surface area contributed by atoms with Crippen molar-refractivity contribution >= 4 is 28.9 Å². The Morgan fingerprint density at radius 3 is 2.67 bits per heavy atom. The largest absolute Gasteiger partial charge is 0.493 e. The molecule has 0 unspecified atom stereocenters. The van der Waals surface area contributed by atoms with Gasteiger partial charge < -0.3 is 5.11 Å². The van der Waals surface area contributed by atoms with Crippen LogP contribution in [0.3, 0.4) is 0 Å². The zero-order chi connectivity index (χ0) is 6.85. The van der Waals surface area contributed by atoms with Crippen molar-refractivity contribution in [2.75, 3.05) is 0 Å². The third kappa shape index (κ3) is 1.17. The molecule has 0 bridgehead atoms. The first-order valence-electron chi connectivity index (χ1n) is 2.11. The van der Waals surface area contributed by atoms with Gasteiger partial charge in [0.15, 0.2) is 0 Å². The number of hydrogen-bond acceptors (Lipinski definition) is 4. The molecule has 9 heavy (non-hydrogen) atoms. The molecule has 1 rings (SSSR count). The van der Waals surface area contributed by atoms with E-state index in [2.05, 4.69) is 17.2 Å². The SMILES string of the molecule is O=c1[nH]c(O)c(C=S)s1. The lowest BCUT2D eigenvalue weighted by Crippen LogP contribution is -1.89. The third-order valence-corrected chi connectivity index (χ3v) is 1.97. The summed E-state index contributed by atoms with van der Waals surface area (Å²) in [5.74, 6) is -0.139. The quantitative estimate of drug-likeness (QED) is 0.589. The van der Waals surface area contributed by atoms with Crippen LogP contribution >= 0.6 is 23.6 Å². The minimum atomic E-state index is -0.288. The maximum Gasteiger partial charge on any atom is 0.307 e. The van der Waals surface area contributed by atoms with Crippen molar-refractivity contribution in [3.8, 4) is 5.88 Å². The minimum absolute atomic E-state index is 0.139. The lowest BCUT2D eigenvalue weighted by Gasteiger charge is -1.79. The fourth-order valence-electron chi connectivity index (χ4n) is 0.412. The van der Waals surface area contributed by atoms with Crippen LogP contribution in [0.4, 0.5) is 0 Å². The second kappa shape index (κ2) is 2.28. The van der Waals surface area contributed by atoms with Crippen LogP contribution in [0, 0.1) is 0 Å². The van der Waals surface area contributed by atoms with E-state index in [0.717, 1.165) is 11.3 Å². The first-order valence-corrected chi connectivity index (χ1v) is 3.40. The van der Waals surface area contributed by atoms with Crippen LogP contribution < -0.4 is 4.87 Å². The molecule has 0 aliphatic rings. The number of H-pyrrole nitrogens is 1. The molecule has 0 fully saturated rings. The fourth-order valence-corrected chi connectivity index (χ4v) is 1.21. The van der Waals surface area contributed by atoms with Crippen LogP contribution in [0.25, 0.3) is 0 Å². The summed E-state index contributed by atoms with van der Waals surface area (Å²) >= 11 is 5.38. The molecule has 0 radical (unpaired) electrons. The highest BCUT2D eigenvalue weighted by Gasteiger charge is 2.00. The molecule has 3 nitrogen and oxygen atoms in total. The summed E-state index contributed by atoms with van der Waals surface area (Å²) in [6, 6.07) is 0. The van der Waals surface area contributed by atoms with Gasteiger partial charge in [0.25, 0.3) is 0 Å². The molecular weight excluding hydrogens is 158 g/mol. The molecule has 0 saturated carbocycles. The number of thiazole rings is 1. The summed E-state index contributed by atoms with van der Waals surface area (Å²) < 4.78 is 0. The molecular formula is C4H3NO2S2. The van der Waals surface area contributed by atoms with Gasteiger partial charge in [0.1, 0.15) is 4.88 Å². The van der Waals surface area contributed by atoms with Gasteiger partial charge in [-0.05, 0) is 0 Å². The molecule has 0 aliphatic carbocycles. The lowest BCUT2D eigenvalue weighted by atomic mass is 10.6. The highest BCUT2D eigenvalue weighted by molar-refractivity contribution is 7.79. The van der Waals surface area contributed by atoms with Crippen molar-refractivity contribution < 1.29 is 5.11 Å². The van der Waals surface area contributed by atoms with Gasteiger partial charge in [0.05, 0.1) is 0 Å². The van der Waals surface area contributed by atoms with E-state index < -0.39 is 0 Å². The van der Waals surface area contributed by atoms with Crippen molar-refractivity contribution in [2.24, 2.45) is 0 Å². The molecule has 5 heteroatoms. The van der Waals surface area contributed by atoms with Crippen molar-refractivity contribution in [3.05, 3.63) is 14.5 Å². The summed E-state index contributed by atoms with van der Waals surface area (Å²) in [6.45, 7) is 0. The Balaban J connectivity index is 3.31. The topological polar surface area (TPSA) is 53.1 Å². The van der Waals surface area contributed by atoms with E-state index in [1.165, 1.54) is 5.37 Å². The van der Waals surface area contributed by atoms with Crippen LogP contribution in [0.15, 0.2) is 4.79 Å². The van der Waals surface area contributed by atoms with Crippen molar-refractivity contribution in [2.45, 2.75) is 0 Å². The van der Waals surface area contributed by atoms with E-state index in [4.69, 9.17) is 5.11 Å². The van der Waals surface area contributed by atoms with Gasteiger partial charge in [-0.15, -0.1) is 0 Å². The van der Waals surface area contributed by atoms with Gasteiger partial charge in [0.2, 0.25) is 5.88 Å². The molecule has 0 aromatic carbocycles. The highest BCUT2D eigenvalue weighted by atomic mass is 32.1. The maximum atomic E-state index is 10.4. The predicted octanol–water partition coefficient (Wildman–Crippen LogP) is 0.490. The van der Waals surface area contributed by atoms with Crippen LogP contribution in [-0.4, -0.2) is 15.5 Å². The van der Waals surface area contributed by atoms with E-state index in [9.17, 15) is 4.79 Å². The second-order valence-corrected chi connectivity index (χ2v) is 2.60. The fraction of sp³-hybridized carbons (Fsp3) is 0. The molecule has 48 valence electrons. The second-order valence-electron chi connectivity index (χ2n) is 1.35. The maximum absolute atomic E-state index is 10.4. The van der Waals surface area contributed by atoms with Gasteiger partial charge in [0, 0.05) is 5.37 Å². The first-order chi connectivity index (χ1) is 4.24. The first kappa shape index (κ1) is 6.44. The smallest absolute Gasteiger partial charge is 0.307 e. The van der Waals surface area contributed by atoms with Gasteiger partial charge in [-0.3, -0.25) is 9.78 Å².